The van der Waals surface area contributed by atoms with Crippen LogP contribution >= 0.6 is 11.6 Å². The fraction of sp³-hybridized carbons (Fsp3) is 0.476. The molecule has 0 spiro atoms. The van der Waals surface area contributed by atoms with Gasteiger partial charge in [0.05, 0.1) is 23.8 Å². The lowest BCUT2D eigenvalue weighted by atomic mass is 9.86. The number of anilines is 1. The lowest BCUT2D eigenvalue weighted by Gasteiger charge is -2.24. The van der Waals surface area contributed by atoms with Crippen molar-refractivity contribution in [1.82, 2.24) is 20.2 Å². The van der Waals surface area contributed by atoms with Crippen LogP contribution < -0.4 is 9.64 Å². The second kappa shape index (κ2) is 8.75. The normalized spacial score (nSPS) is 12.9. The molecule has 0 amide bonds. The molecule has 0 radical (unpaired) electrons. The third-order valence-electron chi connectivity index (χ3n) is 4.86. The van der Waals surface area contributed by atoms with Crippen molar-refractivity contribution in [3.8, 4) is 5.75 Å². The second-order valence-electron chi connectivity index (χ2n) is 8.46. The summed E-state index contributed by atoms with van der Waals surface area (Å²) in [5, 5.41) is 27.3. The van der Waals surface area contributed by atoms with Gasteiger partial charge in [-0.3, -0.25) is 5.10 Å². The molecule has 0 saturated heterocycles. The molecule has 1 unspecified atom stereocenters. The Morgan fingerprint density at radius 3 is 2.70 bits per heavy atom. The summed E-state index contributed by atoms with van der Waals surface area (Å²) in [4.78, 5) is 10.4. The van der Waals surface area contributed by atoms with Crippen LogP contribution in [-0.4, -0.2) is 56.7 Å². The van der Waals surface area contributed by atoms with E-state index in [9.17, 15) is 5.11 Å². The summed E-state index contributed by atoms with van der Waals surface area (Å²) >= 11 is 6.33. The zero-order chi connectivity index (χ0) is 22.1. The van der Waals surface area contributed by atoms with Gasteiger partial charge in [0, 0.05) is 30.4 Å². The fourth-order valence-electron chi connectivity index (χ4n) is 3.10. The van der Waals surface area contributed by atoms with Gasteiger partial charge in [-0.25, -0.2) is 4.98 Å². The van der Waals surface area contributed by atoms with Gasteiger partial charge in [0.15, 0.2) is 5.65 Å². The summed E-state index contributed by atoms with van der Waals surface area (Å²) in [6.45, 7) is 8.48. The Balaban J connectivity index is 1.82. The van der Waals surface area contributed by atoms with E-state index in [1.165, 1.54) is 0 Å². The molecular formula is C21H28ClN5O3. The van der Waals surface area contributed by atoms with Crippen molar-refractivity contribution in [2.45, 2.75) is 45.8 Å². The van der Waals surface area contributed by atoms with Gasteiger partial charge in [-0.15, -0.1) is 0 Å². The number of aromatic amines is 1. The Kier molecular flexibility index (Phi) is 6.50. The van der Waals surface area contributed by atoms with Crippen LogP contribution in [0.1, 0.15) is 37.6 Å². The van der Waals surface area contributed by atoms with Gasteiger partial charge in [-0.05, 0) is 30.0 Å². The number of ether oxygens (including phenoxy) is 1. The van der Waals surface area contributed by atoms with E-state index in [0.29, 0.717) is 11.6 Å². The molecule has 3 rings (SSSR count). The molecule has 162 valence electrons. The number of halogens is 1. The molecule has 9 heteroatoms. The minimum atomic E-state index is -0.864. The number of aryl methyl sites for hydroxylation is 1. The van der Waals surface area contributed by atoms with Crippen LogP contribution in [0.5, 0.6) is 5.75 Å². The Hall–Kier alpha value is -2.42. The highest BCUT2D eigenvalue weighted by Gasteiger charge is 2.21. The topological polar surface area (TPSA) is 107 Å². The second-order valence-corrected chi connectivity index (χ2v) is 8.87. The quantitative estimate of drug-likeness (QED) is 0.525. The highest BCUT2D eigenvalue weighted by Crippen LogP contribution is 2.36. The average Bonchev–Trinajstić information content (AvgIpc) is 3.09. The van der Waals surface area contributed by atoms with Crippen LogP contribution in [0.4, 0.5) is 5.95 Å². The number of aliphatic hydroxyl groups excluding tert-OH is 2. The van der Waals surface area contributed by atoms with E-state index in [-0.39, 0.29) is 25.2 Å². The smallest absolute Gasteiger partial charge is 0.227 e. The first-order valence-electron chi connectivity index (χ1n) is 9.73. The minimum absolute atomic E-state index is 0.121. The maximum absolute atomic E-state index is 9.61. The van der Waals surface area contributed by atoms with E-state index < -0.39 is 6.10 Å². The van der Waals surface area contributed by atoms with Gasteiger partial charge in [0.25, 0.3) is 0 Å². The van der Waals surface area contributed by atoms with Crippen LogP contribution in [0.25, 0.3) is 11.0 Å². The molecule has 0 bridgehead atoms. The van der Waals surface area contributed by atoms with Crippen molar-refractivity contribution in [3.63, 3.8) is 0 Å². The Labute approximate surface area is 180 Å². The number of hydrogen-bond acceptors (Lipinski definition) is 7. The van der Waals surface area contributed by atoms with Gasteiger partial charge in [0.2, 0.25) is 5.95 Å². The predicted molar refractivity (Wildman–Crippen MR) is 117 cm³/mol. The van der Waals surface area contributed by atoms with Crippen molar-refractivity contribution in [3.05, 3.63) is 40.2 Å². The monoisotopic (exact) mass is 433 g/mol. The zero-order valence-electron chi connectivity index (χ0n) is 17.9. The SMILES string of the molecule is Cc1cc(OCc2[nH]nc3nc(N(C)CC(O)CO)ncc23)c(C(C)(C)C)cc1Cl. The Morgan fingerprint density at radius 2 is 2.03 bits per heavy atom. The summed E-state index contributed by atoms with van der Waals surface area (Å²) < 4.78 is 6.14. The van der Waals surface area contributed by atoms with Crippen LogP contribution in [0, 0.1) is 6.92 Å². The number of benzene rings is 1. The van der Waals surface area contributed by atoms with E-state index >= 15 is 0 Å². The molecule has 3 N–H and O–H groups in total. The summed E-state index contributed by atoms with van der Waals surface area (Å²) in [7, 11) is 1.74. The van der Waals surface area contributed by atoms with Gasteiger partial charge >= 0.3 is 0 Å². The summed E-state index contributed by atoms with van der Waals surface area (Å²) in [6.07, 6.45) is 0.816. The summed E-state index contributed by atoms with van der Waals surface area (Å²) in [5.74, 6) is 1.19. The highest BCUT2D eigenvalue weighted by atomic mass is 35.5. The molecule has 8 nitrogen and oxygen atoms in total. The highest BCUT2D eigenvalue weighted by molar-refractivity contribution is 6.31. The number of nitrogens with zero attached hydrogens (tertiary/aromatic N) is 4. The van der Waals surface area contributed by atoms with Crippen LogP contribution in [-0.2, 0) is 12.0 Å². The lowest BCUT2D eigenvalue weighted by molar-refractivity contribution is 0.101. The first-order valence-corrected chi connectivity index (χ1v) is 10.1. The third kappa shape index (κ3) is 4.83. The Bertz CT molecular complexity index is 1030. The van der Waals surface area contributed by atoms with Crippen molar-refractivity contribution in [2.24, 2.45) is 0 Å². The third-order valence-corrected chi connectivity index (χ3v) is 5.26. The molecule has 1 aromatic carbocycles. The predicted octanol–water partition coefficient (Wildman–Crippen LogP) is 2.98. The summed E-state index contributed by atoms with van der Waals surface area (Å²) in [6, 6.07) is 3.92. The standard InChI is InChI=1S/C21H28ClN5O3/c1-12-6-18(15(7-16(12)22)21(2,3)4)30-11-17-14-8-23-20(24-19(14)26-25-17)27(5)9-13(29)10-28/h6-8,13,28-29H,9-11H2,1-5H3,(H,23,24,25,26). The molecular weight excluding hydrogens is 406 g/mol. The summed E-state index contributed by atoms with van der Waals surface area (Å²) in [5.41, 5.74) is 3.14. The number of likely N-dealkylation sites (N-methyl/N-ethyl adjacent to an activating group) is 1. The number of rotatable bonds is 7. The molecule has 0 fully saturated rings. The van der Waals surface area contributed by atoms with E-state index in [2.05, 4.69) is 40.9 Å². The van der Waals surface area contributed by atoms with Crippen LogP contribution in [0.2, 0.25) is 5.02 Å². The molecule has 2 aromatic heterocycles. The van der Waals surface area contributed by atoms with Gasteiger partial charge in [-0.2, -0.15) is 10.1 Å². The number of H-pyrrole nitrogens is 1. The van der Waals surface area contributed by atoms with Gasteiger partial charge < -0.3 is 19.8 Å². The molecule has 0 aliphatic carbocycles. The van der Waals surface area contributed by atoms with Gasteiger partial charge in [0.1, 0.15) is 12.4 Å². The number of nitrogens with one attached hydrogen (secondary N) is 1. The van der Waals surface area contributed by atoms with E-state index in [1.807, 2.05) is 19.1 Å². The number of aliphatic hydroxyl groups is 2. The number of aromatic nitrogens is 4. The van der Waals surface area contributed by atoms with Crippen LogP contribution in [0.15, 0.2) is 18.3 Å². The van der Waals surface area contributed by atoms with Crippen molar-refractivity contribution >= 4 is 28.6 Å². The first kappa shape index (κ1) is 22.3. The first-order chi connectivity index (χ1) is 14.1. The molecule has 30 heavy (non-hydrogen) atoms. The van der Waals surface area contributed by atoms with E-state index in [4.69, 9.17) is 21.4 Å². The fourth-order valence-corrected chi connectivity index (χ4v) is 3.27. The zero-order valence-corrected chi connectivity index (χ0v) is 18.7. The molecule has 0 aliphatic rings. The number of fused-ring (bicyclic) bond motifs is 1. The lowest BCUT2D eigenvalue weighted by Crippen LogP contribution is -2.32. The molecule has 0 aliphatic heterocycles. The average molecular weight is 434 g/mol. The molecule has 0 saturated carbocycles. The maximum atomic E-state index is 9.61. The molecule has 2 heterocycles. The van der Waals surface area contributed by atoms with Crippen molar-refractivity contribution in [1.29, 1.82) is 0 Å². The van der Waals surface area contributed by atoms with Crippen LogP contribution in [0.3, 0.4) is 0 Å². The van der Waals surface area contributed by atoms with Gasteiger partial charge in [-0.1, -0.05) is 32.4 Å². The molecule has 1 atom stereocenters. The minimum Gasteiger partial charge on any atom is -0.487 e. The van der Waals surface area contributed by atoms with Crippen molar-refractivity contribution < 1.29 is 14.9 Å². The maximum Gasteiger partial charge on any atom is 0.227 e. The molecule has 3 aromatic rings. The Morgan fingerprint density at radius 1 is 1.30 bits per heavy atom. The number of hydrogen-bond donors (Lipinski definition) is 3. The van der Waals surface area contributed by atoms with E-state index in [0.717, 1.165) is 33.0 Å². The van der Waals surface area contributed by atoms with E-state index in [1.54, 1.807) is 18.1 Å². The van der Waals surface area contributed by atoms with Crippen molar-refractivity contribution in [2.75, 3.05) is 25.1 Å². The largest absolute Gasteiger partial charge is 0.487 e.